The molecule has 1 fully saturated rings. The number of ether oxygens (including phenoxy) is 3. The molecule has 2 aliphatic rings. The molecule has 1 amide bonds. The van der Waals surface area contributed by atoms with Crippen molar-refractivity contribution in [3.05, 3.63) is 39.8 Å². The summed E-state index contributed by atoms with van der Waals surface area (Å²) in [7, 11) is 0. The summed E-state index contributed by atoms with van der Waals surface area (Å²) in [6, 6.07) is 6.06. The predicted molar refractivity (Wildman–Crippen MR) is 123 cm³/mol. The zero-order valence-corrected chi connectivity index (χ0v) is 19.5. The maximum Gasteiger partial charge on any atom is 0.341 e. The van der Waals surface area contributed by atoms with Crippen molar-refractivity contribution in [2.75, 3.05) is 51.4 Å². The standard InChI is InChI=1S/C23H29N3O5S/c1-4-29-23(28)21-15(2)16(3)32-22(21)24-20(27)13-26-9-7-25(8-10-26)12-17-5-6-18-19(11-17)31-14-30-18/h5-6,11H,4,7-10,12-14H2,1-3H3,(H,24,27). The first-order chi connectivity index (χ1) is 15.4. The second kappa shape index (κ2) is 9.89. The van der Waals surface area contributed by atoms with E-state index in [1.807, 2.05) is 26.0 Å². The van der Waals surface area contributed by atoms with Crippen LogP contribution in [0.2, 0.25) is 0 Å². The Kier molecular flexibility index (Phi) is 6.98. The second-order valence-corrected chi connectivity index (χ2v) is 9.22. The molecule has 2 aromatic rings. The average molecular weight is 460 g/mol. The summed E-state index contributed by atoms with van der Waals surface area (Å²) in [5.41, 5.74) is 2.52. The number of fused-ring (bicyclic) bond motifs is 1. The lowest BCUT2D eigenvalue weighted by Gasteiger charge is -2.34. The van der Waals surface area contributed by atoms with Crippen LogP contribution in [-0.4, -0.2) is 67.8 Å². The van der Waals surface area contributed by atoms with E-state index in [0.717, 1.165) is 54.7 Å². The number of carbonyl (C=O) groups is 2. The van der Waals surface area contributed by atoms with Crippen LogP contribution in [-0.2, 0) is 16.1 Å². The molecule has 2 aliphatic heterocycles. The van der Waals surface area contributed by atoms with Crippen molar-refractivity contribution in [1.82, 2.24) is 9.80 Å². The number of nitrogens with zero attached hydrogens (tertiary/aromatic N) is 2. The Hall–Kier alpha value is -2.62. The number of hydrogen-bond acceptors (Lipinski definition) is 8. The van der Waals surface area contributed by atoms with Crippen molar-refractivity contribution < 1.29 is 23.8 Å². The minimum Gasteiger partial charge on any atom is -0.462 e. The number of anilines is 1. The van der Waals surface area contributed by atoms with Crippen molar-refractivity contribution in [1.29, 1.82) is 0 Å². The molecule has 0 atom stereocenters. The first kappa shape index (κ1) is 22.6. The fourth-order valence-electron chi connectivity index (χ4n) is 3.94. The van der Waals surface area contributed by atoms with Crippen molar-refractivity contribution in [3.8, 4) is 11.5 Å². The van der Waals surface area contributed by atoms with Crippen LogP contribution >= 0.6 is 11.3 Å². The Labute approximate surface area is 192 Å². The zero-order valence-electron chi connectivity index (χ0n) is 18.7. The van der Waals surface area contributed by atoms with E-state index in [-0.39, 0.29) is 18.7 Å². The zero-order chi connectivity index (χ0) is 22.7. The van der Waals surface area contributed by atoms with Crippen LogP contribution in [0, 0.1) is 13.8 Å². The summed E-state index contributed by atoms with van der Waals surface area (Å²) >= 11 is 1.42. The third-order valence-corrected chi connectivity index (χ3v) is 6.92. The summed E-state index contributed by atoms with van der Waals surface area (Å²) in [5, 5.41) is 3.51. The molecule has 8 nitrogen and oxygen atoms in total. The van der Waals surface area contributed by atoms with E-state index in [1.165, 1.54) is 16.9 Å². The van der Waals surface area contributed by atoms with Crippen LogP contribution in [0.5, 0.6) is 11.5 Å². The minimum absolute atomic E-state index is 0.110. The maximum atomic E-state index is 12.7. The van der Waals surface area contributed by atoms with Gasteiger partial charge in [-0.3, -0.25) is 14.6 Å². The number of rotatable bonds is 7. The molecule has 0 bridgehead atoms. The molecule has 1 aromatic heterocycles. The van der Waals surface area contributed by atoms with E-state index in [1.54, 1.807) is 6.92 Å². The summed E-state index contributed by atoms with van der Waals surface area (Å²) < 4.78 is 16.0. The summed E-state index contributed by atoms with van der Waals surface area (Å²) in [4.78, 5) is 30.5. The third-order valence-electron chi connectivity index (χ3n) is 5.79. The molecule has 0 aliphatic carbocycles. The fraction of sp³-hybridized carbons (Fsp3) is 0.478. The maximum absolute atomic E-state index is 12.7. The second-order valence-electron chi connectivity index (χ2n) is 8.00. The molecule has 1 N–H and O–H groups in total. The van der Waals surface area contributed by atoms with Gasteiger partial charge in [0, 0.05) is 37.6 Å². The smallest absolute Gasteiger partial charge is 0.341 e. The lowest BCUT2D eigenvalue weighted by Crippen LogP contribution is -2.48. The number of esters is 1. The molecule has 0 unspecified atom stereocenters. The largest absolute Gasteiger partial charge is 0.462 e. The number of hydrogen-bond donors (Lipinski definition) is 1. The van der Waals surface area contributed by atoms with Crippen molar-refractivity contribution in [2.45, 2.75) is 27.3 Å². The van der Waals surface area contributed by atoms with Gasteiger partial charge in [0.25, 0.3) is 0 Å². The van der Waals surface area contributed by atoms with Gasteiger partial charge in [0.05, 0.1) is 18.7 Å². The monoisotopic (exact) mass is 459 g/mol. The van der Waals surface area contributed by atoms with E-state index >= 15 is 0 Å². The van der Waals surface area contributed by atoms with Gasteiger partial charge in [-0.1, -0.05) is 6.07 Å². The Balaban J connectivity index is 1.28. The number of carbonyl (C=O) groups excluding carboxylic acids is 2. The normalized spacial score (nSPS) is 16.2. The number of aryl methyl sites for hydroxylation is 1. The first-order valence-corrected chi connectivity index (χ1v) is 11.7. The Morgan fingerprint density at radius 2 is 1.81 bits per heavy atom. The van der Waals surface area contributed by atoms with E-state index in [9.17, 15) is 9.59 Å². The topological polar surface area (TPSA) is 80.3 Å². The highest BCUT2D eigenvalue weighted by atomic mass is 32.1. The quantitative estimate of drug-likeness (QED) is 0.638. The number of nitrogens with one attached hydrogen (secondary N) is 1. The van der Waals surface area contributed by atoms with Crippen LogP contribution < -0.4 is 14.8 Å². The summed E-state index contributed by atoms with van der Waals surface area (Å²) in [6.45, 7) is 10.7. The van der Waals surface area contributed by atoms with Crippen molar-refractivity contribution >= 4 is 28.2 Å². The number of benzene rings is 1. The Morgan fingerprint density at radius 1 is 1.09 bits per heavy atom. The highest BCUT2D eigenvalue weighted by Crippen LogP contribution is 2.34. The molecule has 32 heavy (non-hydrogen) atoms. The number of piperazine rings is 1. The molecular weight excluding hydrogens is 430 g/mol. The van der Waals surface area contributed by atoms with Gasteiger partial charge in [0.1, 0.15) is 5.00 Å². The Morgan fingerprint density at radius 3 is 2.56 bits per heavy atom. The summed E-state index contributed by atoms with van der Waals surface area (Å²) in [6.07, 6.45) is 0. The lowest BCUT2D eigenvalue weighted by molar-refractivity contribution is -0.117. The molecule has 9 heteroatoms. The highest BCUT2D eigenvalue weighted by Gasteiger charge is 2.24. The Bertz CT molecular complexity index is 998. The van der Waals surface area contributed by atoms with E-state index in [2.05, 4.69) is 21.2 Å². The van der Waals surface area contributed by atoms with Gasteiger partial charge in [-0.15, -0.1) is 11.3 Å². The van der Waals surface area contributed by atoms with Crippen LogP contribution in [0.25, 0.3) is 0 Å². The molecule has 4 rings (SSSR count). The van der Waals surface area contributed by atoms with Gasteiger partial charge in [-0.25, -0.2) is 4.79 Å². The molecule has 1 aromatic carbocycles. The predicted octanol–water partition coefficient (Wildman–Crippen LogP) is 3.03. The molecule has 3 heterocycles. The minimum atomic E-state index is -0.387. The number of thiophene rings is 1. The molecule has 0 saturated carbocycles. The van der Waals surface area contributed by atoms with Crippen LogP contribution in [0.4, 0.5) is 5.00 Å². The van der Waals surface area contributed by atoms with Gasteiger partial charge in [-0.2, -0.15) is 0 Å². The average Bonchev–Trinajstić information content (AvgIpc) is 3.33. The SMILES string of the molecule is CCOC(=O)c1c(NC(=O)CN2CCN(Cc3ccc4c(c3)OCO4)CC2)sc(C)c1C. The molecule has 0 radical (unpaired) electrons. The van der Waals surface area contributed by atoms with Gasteiger partial charge >= 0.3 is 5.97 Å². The molecule has 1 saturated heterocycles. The van der Waals surface area contributed by atoms with Crippen LogP contribution in [0.15, 0.2) is 18.2 Å². The molecule has 0 spiro atoms. The van der Waals surface area contributed by atoms with E-state index < -0.39 is 0 Å². The van der Waals surface area contributed by atoms with Crippen LogP contribution in [0.1, 0.15) is 33.3 Å². The van der Waals surface area contributed by atoms with Gasteiger partial charge in [0.15, 0.2) is 11.5 Å². The summed E-state index contributed by atoms with van der Waals surface area (Å²) in [5.74, 6) is 1.11. The fourth-order valence-corrected chi connectivity index (χ4v) is 5.00. The number of amides is 1. The molecule has 172 valence electrons. The lowest BCUT2D eigenvalue weighted by atomic mass is 10.1. The van der Waals surface area contributed by atoms with E-state index in [4.69, 9.17) is 14.2 Å². The van der Waals surface area contributed by atoms with Crippen LogP contribution in [0.3, 0.4) is 0 Å². The van der Waals surface area contributed by atoms with Gasteiger partial charge in [-0.05, 0) is 44.0 Å². The highest BCUT2D eigenvalue weighted by molar-refractivity contribution is 7.16. The van der Waals surface area contributed by atoms with Gasteiger partial charge in [0.2, 0.25) is 12.7 Å². The van der Waals surface area contributed by atoms with Crippen molar-refractivity contribution in [2.24, 2.45) is 0 Å². The van der Waals surface area contributed by atoms with E-state index in [0.29, 0.717) is 23.7 Å². The first-order valence-electron chi connectivity index (χ1n) is 10.8. The third kappa shape index (κ3) is 5.06. The van der Waals surface area contributed by atoms with Crippen molar-refractivity contribution in [3.63, 3.8) is 0 Å². The molecular formula is C23H29N3O5S. The van der Waals surface area contributed by atoms with Gasteiger partial charge < -0.3 is 19.5 Å².